The number of esters is 2. The summed E-state index contributed by atoms with van der Waals surface area (Å²) in [6.45, 7) is 12.4. The predicted octanol–water partition coefficient (Wildman–Crippen LogP) is 2.70. The zero-order valence-electron chi connectivity index (χ0n) is 11.9. The highest BCUT2D eigenvalue weighted by Crippen LogP contribution is 2.16. The van der Waals surface area contributed by atoms with E-state index in [-0.39, 0.29) is 18.4 Å². The third-order valence-corrected chi connectivity index (χ3v) is 1.70. The van der Waals surface area contributed by atoms with Crippen molar-refractivity contribution in [1.82, 2.24) is 0 Å². The molecule has 0 aliphatic heterocycles. The Morgan fingerprint density at radius 1 is 0.941 bits per heavy atom. The van der Waals surface area contributed by atoms with Crippen molar-refractivity contribution in [3.05, 3.63) is 0 Å². The van der Waals surface area contributed by atoms with Crippen LogP contribution < -0.4 is 0 Å². The van der Waals surface area contributed by atoms with Crippen molar-refractivity contribution in [2.75, 3.05) is 0 Å². The molecule has 0 aromatic carbocycles. The largest absolute Gasteiger partial charge is 0.460 e. The first-order valence-corrected chi connectivity index (χ1v) is 5.85. The van der Waals surface area contributed by atoms with E-state index in [1.165, 1.54) is 0 Å². The highest BCUT2D eigenvalue weighted by molar-refractivity contribution is 5.80. The maximum atomic E-state index is 11.6. The van der Waals surface area contributed by atoms with Crippen LogP contribution in [-0.4, -0.2) is 23.1 Å². The fourth-order valence-electron chi connectivity index (χ4n) is 1.12. The molecule has 0 rings (SSSR count). The Labute approximate surface area is 104 Å². The lowest BCUT2D eigenvalue weighted by Gasteiger charge is -2.23. The molecule has 0 saturated carbocycles. The van der Waals surface area contributed by atoms with Gasteiger partial charge in [-0.15, -0.1) is 0 Å². The Morgan fingerprint density at radius 3 is 1.71 bits per heavy atom. The molecule has 4 nitrogen and oxygen atoms in total. The molecular formula is C13H24O4. The highest BCUT2D eigenvalue weighted by Gasteiger charge is 2.26. The zero-order valence-corrected chi connectivity index (χ0v) is 11.9. The van der Waals surface area contributed by atoms with Gasteiger partial charge < -0.3 is 9.47 Å². The van der Waals surface area contributed by atoms with Crippen LogP contribution in [0.25, 0.3) is 0 Å². The van der Waals surface area contributed by atoms with Crippen molar-refractivity contribution >= 4 is 11.9 Å². The molecule has 100 valence electrons. The number of hydrogen-bond acceptors (Lipinski definition) is 4. The standard InChI is InChI=1S/C13H24O4/c1-9(11(15)17-13(5,6)7)8-10(14)16-12(2,3)4/h9H,8H2,1-7H3. The lowest BCUT2D eigenvalue weighted by atomic mass is 10.1. The normalized spacial score (nSPS) is 14.1. The average Bonchev–Trinajstić information content (AvgIpc) is 1.95. The van der Waals surface area contributed by atoms with Gasteiger partial charge in [0.2, 0.25) is 0 Å². The Morgan fingerprint density at radius 2 is 1.35 bits per heavy atom. The molecule has 0 N–H and O–H groups in total. The van der Waals surface area contributed by atoms with Crippen LogP contribution in [0, 0.1) is 5.92 Å². The van der Waals surface area contributed by atoms with E-state index in [1.54, 1.807) is 48.5 Å². The van der Waals surface area contributed by atoms with E-state index in [0.717, 1.165) is 0 Å². The second-order valence-corrected chi connectivity index (χ2v) is 6.23. The van der Waals surface area contributed by atoms with Crippen LogP contribution in [0.4, 0.5) is 0 Å². The van der Waals surface area contributed by atoms with E-state index < -0.39 is 17.1 Å². The van der Waals surface area contributed by atoms with Gasteiger partial charge in [0, 0.05) is 0 Å². The molecule has 0 fully saturated rings. The van der Waals surface area contributed by atoms with Crippen molar-refractivity contribution < 1.29 is 19.1 Å². The molecule has 0 saturated heterocycles. The summed E-state index contributed by atoms with van der Waals surface area (Å²) >= 11 is 0. The fourth-order valence-corrected chi connectivity index (χ4v) is 1.12. The monoisotopic (exact) mass is 244 g/mol. The molecule has 0 aliphatic rings. The minimum absolute atomic E-state index is 0.0478. The van der Waals surface area contributed by atoms with E-state index in [4.69, 9.17) is 9.47 Å². The van der Waals surface area contributed by atoms with Gasteiger partial charge in [-0.05, 0) is 41.5 Å². The summed E-state index contributed by atoms with van der Waals surface area (Å²) in [5, 5.41) is 0. The molecule has 0 aromatic heterocycles. The zero-order chi connectivity index (χ0) is 13.9. The average molecular weight is 244 g/mol. The molecule has 1 atom stereocenters. The minimum atomic E-state index is -0.528. The molecule has 17 heavy (non-hydrogen) atoms. The molecule has 0 spiro atoms. The first-order chi connectivity index (χ1) is 7.41. The van der Waals surface area contributed by atoms with Gasteiger partial charge in [0.1, 0.15) is 11.2 Å². The molecule has 0 heterocycles. The van der Waals surface area contributed by atoms with Gasteiger partial charge in [0.25, 0.3) is 0 Å². The lowest BCUT2D eigenvalue weighted by molar-refractivity contribution is -0.166. The smallest absolute Gasteiger partial charge is 0.309 e. The summed E-state index contributed by atoms with van der Waals surface area (Å²) in [5.41, 5.74) is -1.05. The maximum Gasteiger partial charge on any atom is 0.309 e. The number of hydrogen-bond donors (Lipinski definition) is 0. The van der Waals surface area contributed by atoms with Gasteiger partial charge in [-0.3, -0.25) is 9.59 Å². The summed E-state index contributed by atoms with van der Waals surface area (Å²) in [6, 6.07) is 0. The topological polar surface area (TPSA) is 52.6 Å². The molecule has 0 aliphatic carbocycles. The van der Waals surface area contributed by atoms with E-state index >= 15 is 0 Å². The van der Waals surface area contributed by atoms with Gasteiger partial charge in [-0.25, -0.2) is 0 Å². The van der Waals surface area contributed by atoms with Crippen LogP contribution in [0.15, 0.2) is 0 Å². The molecule has 1 unspecified atom stereocenters. The molecule has 0 radical (unpaired) electrons. The quantitative estimate of drug-likeness (QED) is 0.716. The predicted molar refractivity (Wildman–Crippen MR) is 65.5 cm³/mol. The Hall–Kier alpha value is -1.06. The maximum absolute atomic E-state index is 11.6. The lowest BCUT2D eigenvalue weighted by Crippen LogP contribution is -2.30. The van der Waals surface area contributed by atoms with Crippen molar-refractivity contribution in [3.8, 4) is 0 Å². The van der Waals surface area contributed by atoms with Crippen LogP contribution in [0.2, 0.25) is 0 Å². The number of rotatable bonds is 3. The third kappa shape index (κ3) is 8.72. The van der Waals surface area contributed by atoms with E-state index in [2.05, 4.69) is 0 Å². The number of ether oxygens (including phenoxy) is 2. The Bertz CT molecular complexity index is 281. The van der Waals surface area contributed by atoms with Crippen LogP contribution in [0.3, 0.4) is 0 Å². The minimum Gasteiger partial charge on any atom is -0.460 e. The van der Waals surface area contributed by atoms with Gasteiger partial charge in [-0.2, -0.15) is 0 Å². The fraction of sp³-hybridized carbons (Fsp3) is 0.846. The van der Waals surface area contributed by atoms with Crippen LogP contribution in [0.5, 0.6) is 0 Å². The van der Waals surface area contributed by atoms with Crippen molar-refractivity contribution in [1.29, 1.82) is 0 Å². The Balaban J connectivity index is 4.22. The summed E-state index contributed by atoms with van der Waals surface area (Å²) < 4.78 is 10.3. The first kappa shape index (κ1) is 15.9. The first-order valence-electron chi connectivity index (χ1n) is 5.85. The second-order valence-electron chi connectivity index (χ2n) is 6.23. The number of carbonyl (C=O) groups is 2. The molecule has 0 amide bonds. The summed E-state index contributed by atoms with van der Waals surface area (Å²) in [6.07, 6.45) is 0.0478. The summed E-state index contributed by atoms with van der Waals surface area (Å²) in [5.74, 6) is -1.23. The van der Waals surface area contributed by atoms with Crippen molar-refractivity contribution in [2.24, 2.45) is 5.92 Å². The summed E-state index contributed by atoms with van der Waals surface area (Å²) in [7, 11) is 0. The molecule has 0 bridgehead atoms. The Kier molecular flexibility index (Phi) is 5.17. The summed E-state index contributed by atoms with van der Waals surface area (Å²) in [4.78, 5) is 23.1. The third-order valence-electron chi connectivity index (χ3n) is 1.70. The van der Waals surface area contributed by atoms with Gasteiger partial charge in [-0.1, -0.05) is 6.92 Å². The van der Waals surface area contributed by atoms with Crippen LogP contribution >= 0.6 is 0 Å². The van der Waals surface area contributed by atoms with Gasteiger partial charge >= 0.3 is 11.9 Å². The van der Waals surface area contributed by atoms with Crippen molar-refractivity contribution in [3.63, 3.8) is 0 Å². The van der Waals surface area contributed by atoms with E-state index in [9.17, 15) is 9.59 Å². The highest BCUT2D eigenvalue weighted by atomic mass is 16.6. The van der Waals surface area contributed by atoms with E-state index in [1.807, 2.05) is 0 Å². The molecular weight excluding hydrogens is 220 g/mol. The van der Waals surface area contributed by atoms with Gasteiger partial charge in [0.05, 0.1) is 12.3 Å². The number of carbonyl (C=O) groups excluding carboxylic acids is 2. The van der Waals surface area contributed by atoms with E-state index in [0.29, 0.717) is 0 Å². The van der Waals surface area contributed by atoms with Crippen molar-refractivity contribution in [2.45, 2.75) is 66.1 Å². The van der Waals surface area contributed by atoms with Crippen LogP contribution in [-0.2, 0) is 19.1 Å². The van der Waals surface area contributed by atoms with Gasteiger partial charge in [0.15, 0.2) is 0 Å². The molecule has 0 aromatic rings. The SMILES string of the molecule is CC(CC(=O)OC(C)(C)C)C(=O)OC(C)(C)C. The molecule has 4 heteroatoms. The van der Waals surface area contributed by atoms with Crippen LogP contribution in [0.1, 0.15) is 54.9 Å². The second kappa shape index (κ2) is 5.52.